The van der Waals surface area contributed by atoms with Crippen LogP contribution in [0.3, 0.4) is 0 Å². The van der Waals surface area contributed by atoms with Gasteiger partial charge in [-0.05, 0) is 34.4 Å². The zero-order chi connectivity index (χ0) is 17.6. The van der Waals surface area contributed by atoms with Gasteiger partial charge in [0.1, 0.15) is 6.23 Å². The quantitative estimate of drug-likeness (QED) is 0.778. The molecule has 0 radical (unpaired) electrons. The van der Waals surface area contributed by atoms with Gasteiger partial charge in [-0.1, -0.05) is 30.3 Å². The maximum Gasteiger partial charge on any atom is 0.134 e. The summed E-state index contributed by atoms with van der Waals surface area (Å²) in [6.45, 7) is 6.92. The molecule has 0 saturated carbocycles. The summed E-state index contributed by atoms with van der Waals surface area (Å²) < 4.78 is 12.2. The van der Waals surface area contributed by atoms with Gasteiger partial charge in [0, 0.05) is 39.1 Å². The Bertz CT molecular complexity index is 633. The maximum atomic E-state index is 6.14. The van der Waals surface area contributed by atoms with E-state index in [2.05, 4.69) is 57.0 Å². The topological polar surface area (TPSA) is 24.9 Å². The molecular formula is C21H28N2O2S. The van der Waals surface area contributed by atoms with E-state index < -0.39 is 0 Å². The second-order valence-corrected chi connectivity index (χ2v) is 7.97. The summed E-state index contributed by atoms with van der Waals surface area (Å²) in [7, 11) is 0. The van der Waals surface area contributed by atoms with Crippen molar-refractivity contribution in [2.24, 2.45) is 0 Å². The van der Waals surface area contributed by atoms with Crippen LogP contribution in [0.4, 0.5) is 0 Å². The van der Waals surface area contributed by atoms with Crippen LogP contribution < -0.4 is 0 Å². The Morgan fingerprint density at radius 2 is 1.77 bits per heavy atom. The van der Waals surface area contributed by atoms with E-state index in [1.54, 1.807) is 11.3 Å². The SMILES string of the molecule is c1ccc(CC2COC(N3CCN(CCc4ccsc4)CC3)CO2)cc1. The van der Waals surface area contributed by atoms with Crippen LogP contribution in [0.25, 0.3) is 0 Å². The molecule has 0 N–H and O–H groups in total. The van der Waals surface area contributed by atoms with Crippen LogP contribution in [0.2, 0.25) is 0 Å². The zero-order valence-corrected chi connectivity index (χ0v) is 16.1. The number of hydrogen-bond acceptors (Lipinski definition) is 5. The van der Waals surface area contributed by atoms with E-state index in [1.807, 2.05) is 0 Å². The summed E-state index contributed by atoms with van der Waals surface area (Å²) in [6.07, 6.45) is 2.40. The Hall–Kier alpha value is -1.24. The van der Waals surface area contributed by atoms with Crippen LogP contribution in [-0.4, -0.2) is 68.1 Å². The highest BCUT2D eigenvalue weighted by Gasteiger charge is 2.29. The highest BCUT2D eigenvalue weighted by atomic mass is 32.1. The fourth-order valence-corrected chi connectivity index (χ4v) is 4.44. The minimum Gasteiger partial charge on any atom is -0.371 e. The summed E-state index contributed by atoms with van der Waals surface area (Å²) >= 11 is 1.79. The average Bonchev–Trinajstić information content (AvgIpc) is 3.22. The van der Waals surface area contributed by atoms with Crippen molar-refractivity contribution in [3.05, 3.63) is 58.3 Å². The van der Waals surface area contributed by atoms with Gasteiger partial charge in [-0.3, -0.25) is 4.90 Å². The first-order valence-electron chi connectivity index (χ1n) is 9.61. The van der Waals surface area contributed by atoms with Crippen LogP contribution >= 0.6 is 11.3 Å². The molecule has 26 heavy (non-hydrogen) atoms. The maximum absolute atomic E-state index is 6.14. The molecule has 2 aliphatic rings. The molecule has 0 aliphatic carbocycles. The van der Waals surface area contributed by atoms with Gasteiger partial charge in [0.05, 0.1) is 19.3 Å². The molecule has 1 aromatic heterocycles. The molecule has 2 aliphatic heterocycles. The van der Waals surface area contributed by atoms with Crippen molar-refractivity contribution < 1.29 is 9.47 Å². The third kappa shape index (κ3) is 4.93. The van der Waals surface area contributed by atoms with Crippen molar-refractivity contribution in [1.29, 1.82) is 0 Å². The van der Waals surface area contributed by atoms with E-state index in [-0.39, 0.29) is 12.3 Å². The smallest absolute Gasteiger partial charge is 0.134 e. The second-order valence-electron chi connectivity index (χ2n) is 7.19. The summed E-state index contributed by atoms with van der Waals surface area (Å²) in [5.74, 6) is 0. The van der Waals surface area contributed by atoms with E-state index in [4.69, 9.17) is 9.47 Å². The largest absolute Gasteiger partial charge is 0.371 e. The van der Waals surface area contributed by atoms with Crippen LogP contribution in [0.1, 0.15) is 11.1 Å². The van der Waals surface area contributed by atoms with Crippen LogP contribution in [0.15, 0.2) is 47.2 Å². The lowest BCUT2D eigenvalue weighted by atomic mass is 10.1. The van der Waals surface area contributed by atoms with Gasteiger partial charge in [-0.2, -0.15) is 11.3 Å². The molecule has 2 fully saturated rings. The molecule has 0 spiro atoms. The molecule has 0 bridgehead atoms. The lowest BCUT2D eigenvalue weighted by molar-refractivity contribution is -0.189. The summed E-state index contributed by atoms with van der Waals surface area (Å²) in [6, 6.07) is 12.8. The van der Waals surface area contributed by atoms with Crippen molar-refractivity contribution in [2.75, 3.05) is 45.9 Å². The first-order valence-corrected chi connectivity index (χ1v) is 10.6. The monoisotopic (exact) mass is 372 g/mol. The first-order chi connectivity index (χ1) is 12.9. The lowest BCUT2D eigenvalue weighted by Crippen LogP contribution is -2.55. The van der Waals surface area contributed by atoms with Crippen LogP contribution in [0, 0.1) is 0 Å². The summed E-state index contributed by atoms with van der Waals surface area (Å²) in [4.78, 5) is 5.01. The van der Waals surface area contributed by atoms with Gasteiger partial charge < -0.3 is 14.4 Å². The molecule has 2 unspecified atom stereocenters. The lowest BCUT2D eigenvalue weighted by Gasteiger charge is -2.41. The number of rotatable bonds is 6. The standard InChI is InChI=1S/C21H28N2O2S/c1-2-4-18(5-3-1)14-20-15-25-21(16-24-20)23-11-9-22(10-12-23)8-6-19-7-13-26-17-19/h1-5,7,13,17,20-21H,6,8-12,14-16H2. The van der Waals surface area contributed by atoms with E-state index >= 15 is 0 Å². The van der Waals surface area contributed by atoms with Gasteiger partial charge in [0.25, 0.3) is 0 Å². The zero-order valence-electron chi connectivity index (χ0n) is 15.3. The molecule has 4 nitrogen and oxygen atoms in total. The molecule has 2 atom stereocenters. The van der Waals surface area contributed by atoms with Crippen LogP contribution in [-0.2, 0) is 22.3 Å². The normalized spacial score (nSPS) is 25.4. The minimum absolute atomic E-state index is 0.126. The van der Waals surface area contributed by atoms with Gasteiger partial charge in [-0.15, -0.1) is 0 Å². The Balaban J connectivity index is 1.16. The number of nitrogens with zero attached hydrogens (tertiary/aromatic N) is 2. The molecular weight excluding hydrogens is 344 g/mol. The number of piperazine rings is 1. The molecule has 2 aromatic rings. The van der Waals surface area contributed by atoms with E-state index in [9.17, 15) is 0 Å². The van der Waals surface area contributed by atoms with Crippen LogP contribution in [0.5, 0.6) is 0 Å². The van der Waals surface area contributed by atoms with Crippen molar-refractivity contribution >= 4 is 11.3 Å². The average molecular weight is 373 g/mol. The Kier molecular flexibility index (Phi) is 6.35. The molecule has 0 amide bonds. The van der Waals surface area contributed by atoms with Gasteiger partial charge >= 0.3 is 0 Å². The van der Waals surface area contributed by atoms with Gasteiger partial charge in [0.15, 0.2) is 0 Å². The molecule has 5 heteroatoms. The highest BCUT2D eigenvalue weighted by molar-refractivity contribution is 7.07. The number of hydrogen-bond donors (Lipinski definition) is 0. The summed E-state index contributed by atoms with van der Waals surface area (Å²) in [5, 5.41) is 4.42. The van der Waals surface area contributed by atoms with Crippen molar-refractivity contribution in [2.45, 2.75) is 25.2 Å². The predicted molar refractivity (Wildman–Crippen MR) is 106 cm³/mol. The van der Waals surface area contributed by atoms with Gasteiger partial charge in [0.2, 0.25) is 0 Å². The summed E-state index contributed by atoms with van der Waals surface area (Å²) in [5.41, 5.74) is 2.78. The second kappa shape index (κ2) is 9.11. The van der Waals surface area contributed by atoms with E-state index in [0.29, 0.717) is 13.2 Å². The number of ether oxygens (including phenoxy) is 2. The fraction of sp³-hybridized carbons (Fsp3) is 0.524. The highest BCUT2D eigenvalue weighted by Crippen LogP contribution is 2.17. The van der Waals surface area contributed by atoms with E-state index in [0.717, 1.165) is 45.6 Å². The van der Waals surface area contributed by atoms with Crippen molar-refractivity contribution in [1.82, 2.24) is 9.80 Å². The van der Waals surface area contributed by atoms with Crippen molar-refractivity contribution in [3.63, 3.8) is 0 Å². The fourth-order valence-electron chi connectivity index (χ4n) is 3.74. The molecule has 4 rings (SSSR count). The Labute approximate surface area is 160 Å². The van der Waals surface area contributed by atoms with Crippen molar-refractivity contribution in [3.8, 4) is 0 Å². The number of benzene rings is 1. The molecule has 140 valence electrons. The first kappa shape index (κ1) is 18.1. The number of thiophene rings is 1. The van der Waals surface area contributed by atoms with E-state index in [1.165, 1.54) is 11.1 Å². The molecule has 2 saturated heterocycles. The Morgan fingerprint density at radius 3 is 2.46 bits per heavy atom. The van der Waals surface area contributed by atoms with Gasteiger partial charge in [-0.25, -0.2) is 0 Å². The Morgan fingerprint density at radius 1 is 0.923 bits per heavy atom. The third-order valence-corrected chi connectivity index (χ3v) is 6.10. The predicted octanol–water partition coefficient (Wildman–Crippen LogP) is 2.89. The molecule has 3 heterocycles. The third-order valence-electron chi connectivity index (χ3n) is 5.37. The molecule has 1 aromatic carbocycles. The minimum atomic E-state index is 0.126.